The number of nitrogens with zero attached hydrogens (tertiary/aromatic N) is 1. The second-order valence-corrected chi connectivity index (χ2v) is 4.05. The van der Waals surface area contributed by atoms with E-state index in [0.717, 1.165) is 5.56 Å². The van der Waals surface area contributed by atoms with Gasteiger partial charge in [-0.1, -0.05) is 29.8 Å². The summed E-state index contributed by atoms with van der Waals surface area (Å²) in [5.74, 6) is -0.856. The van der Waals surface area contributed by atoms with E-state index in [1.54, 1.807) is 24.3 Å². The molecule has 1 aromatic rings. The molecule has 0 spiro atoms. The molecule has 0 atom stereocenters. The maximum Gasteiger partial charge on any atom is 0.249 e. The van der Waals surface area contributed by atoms with Gasteiger partial charge in [0, 0.05) is 11.6 Å². The fourth-order valence-electron chi connectivity index (χ4n) is 1.16. The van der Waals surface area contributed by atoms with Crippen molar-refractivity contribution in [2.24, 2.45) is 5.10 Å². The standard InChI is InChI=1S/C13H14ClN3O2/c1-2-7-15-12(18)8-13(19)17-16-9-10-3-5-11(14)6-4-10/h2-6,9H,1,7-8H2,(H,15,18)(H,17,19)/b16-9-. The van der Waals surface area contributed by atoms with Crippen molar-refractivity contribution in [2.45, 2.75) is 6.42 Å². The van der Waals surface area contributed by atoms with E-state index < -0.39 is 5.91 Å². The van der Waals surface area contributed by atoms with E-state index >= 15 is 0 Å². The van der Waals surface area contributed by atoms with E-state index in [0.29, 0.717) is 11.6 Å². The highest BCUT2D eigenvalue weighted by atomic mass is 35.5. The average molecular weight is 280 g/mol. The Hall–Kier alpha value is -2.14. The third-order valence-corrected chi connectivity index (χ3v) is 2.29. The lowest BCUT2D eigenvalue weighted by atomic mass is 10.2. The van der Waals surface area contributed by atoms with E-state index in [9.17, 15) is 9.59 Å². The normalized spacial score (nSPS) is 10.2. The first-order valence-corrected chi connectivity index (χ1v) is 5.94. The summed E-state index contributed by atoms with van der Waals surface area (Å²) in [6, 6.07) is 6.95. The van der Waals surface area contributed by atoms with Crippen molar-refractivity contribution < 1.29 is 9.59 Å². The quantitative estimate of drug-likeness (QED) is 0.358. The third kappa shape index (κ3) is 6.38. The number of benzene rings is 1. The van der Waals surface area contributed by atoms with Crippen LogP contribution in [-0.2, 0) is 9.59 Å². The van der Waals surface area contributed by atoms with E-state index in [2.05, 4.69) is 22.4 Å². The summed E-state index contributed by atoms with van der Waals surface area (Å²) in [5.41, 5.74) is 3.06. The van der Waals surface area contributed by atoms with E-state index in [-0.39, 0.29) is 12.3 Å². The Bertz CT molecular complexity index is 483. The second kappa shape index (κ2) is 8.05. The summed E-state index contributed by atoms with van der Waals surface area (Å²) in [4.78, 5) is 22.5. The Labute approximate surface area is 116 Å². The number of hydrazone groups is 1. The lowest BCUT2D eigenvalue weighted by Gasteiger charge is -2.01. The highest BCUT2D eigenvalue weighted by molar-refractivity contribution is 6.30. The van der Waals surface area contributed by atoms with Crippen molar-refractivity contribution in [3.8, 4) is 0 Å². The number of hydrogen-bond donors (Lipinski definition) is 2. The number of carbonyl (C=O) groups excluding carboxylic acids is 2. The Balaban J connectivity index is 2.35. The lowest BCUT2D eigenvalue weighted by Crippen LogP contribution is -2.29. The van der Waals surface area contributed by atoms with Crippen molar-refractivity contribution in [3.63, 3.8) is 0 Å². The molecule has 2 amide bonds. The van der Waals surface area contributed by atoms with Crippen LogP contribution in [0.5, 0.6) is 0 Å². The molecule has 0 aliphatic heterocycles. The van der Waals surface area contributed by atoms with Crippen LogP contribution in [0.25, 0.3) is 0 Å². The Morgan fingerprint density at radius 1 is 1.26 bits per heavy atom. The molecule has 1 rings (SSSR count). The van der Waals surface area contributed by atoms with Crippen molar-refractivity contribution in [1.29, 1.82) is 0 Å². The summed E-state index contributed by atoms with van der Waals surface area (Å²) >= 11 is 5.73. The summed E-state index contributed by atoms with van der Waals surface area (Å²) < 4.78 is 0. The molecule has 0 aromatic heterocycles. The molecule has 5 nitrogen and oxygen atoms in total. The van der Waals surface area contributed by atoms with E-state index in [4.69, 9.17) is 11.6 Å². The molecule has 0 bridgehead atoms. The number of amides is 2. The molecule has 6 heteroatoms. The number of hydrogen-bond acceptors (Lipinski definition) is 3. The fraction of sp³-hybridized carbons (Fsp3) is 0.154. The average Bonchev–Trinajstić information content (AvgIpc) is 2.38. The van der Waals surface area contributed by atoms with Gasteiger partial charge in [-0.05, 0) is 17.7 Å². The van der Waals surface area contributed by atoms with Gasteiger partial charge < -0.3 is 5.32 Å². The van der Waals surface area contributed by atoms with Gasteiger partial charge in [-0.25, -0.2) is 5.43 Å². The first kappa shape index (κ1) is 14.9. The van der Waals surface area contributed by atoms with Crippen LogP contribution in [0.15, 0.2) is 42.0 Å². The van der Waals surface area contributed by atoms with Crippen LogP contribution in [0, 0.1) is 0 Å². The maximum atomic E-state index is 11.3. The van der Waals surface area contributed by atoms with Crippen LogP contribution in [0.1, 0.15) is 12.0 Å². The van der Waals surface area contributed by atoms with Crippen LogP contribution in [0.3, 0.4) is 0 Å². The van der Waals surface area contributed by atoms with Crippen LogP contribution >= 0.6 is 11.6 Å². The molecule has 0 saturated heterocycles. The van der Waals surface area contributed by atoms with Crippen molar-refractivity contribution in [2.75, 3.05) is 6.54 Å². The summed E-state index contributed by atoms with van der Waals surface area (Å²) in [6.45, 7) is 3.79. The van der Waals surface area contributed by atoms with Gasteiger partial charge in [-0.2, -0.15) is 5.10 Å². The molecule has 100 valence electrons. The fourth-order valence-corrected chi connectivity index (χ4v) is 1.29. The molecule has 0 heterocycles. The molecule has 2 N–H and O–H groups in total. The molecule has 0 aliphatic carbocycles. The minimum Gasteiger partial charge on any atom is -0.352 e. The van der Waals surface area contributed by atoms with Crippen molar-refractivity contribution >= 4 is 29.6 Å². The first-order valence-electron chi connectivity index (χ1n) is 5.57. The van der Waals surface area contributed by atoms with Gasteiger partial charge in [-0.3, -0.25) is 9.59 Å². The Kier molecular flexibility index (Phi) is 6.32. The maximum absolute atomic E-state index is 11.3. The smallest absolute Gasteiger partial charge is 0.249 e. The van der Waals surface area contributed by atoms with Gasteiger partial charge in [0.15, 0.2) is 0 Å². The molecule has 0 saturated carbocycles. The van der Waals surface area contributed by atoms with E-state index in [1.807, 2.05) is 0 Å². The predicted octanol–water partition coefficient (Wildman–Crippen LogP) is 1.48. The number of carbonyl (C=O) groups is 2. The van der Waals surface area contributed by atoms with Gasteiger partial charge in [0.25, 0.3) is 0 Å². The molecule has 0 fully saturated rings. The topological polar surface area (TPSA) is 70.6 Å². The van der Waals surface area contributed by atoms with Gasteiger partial charge >= 0.3 is 0 Å². The molecule has 0 radical (unpaired) electrons. The zero-order valence-corrected chi connectivity index (χ0v) is 11.0. The molecular weight excluding hydrogens is 266 g/mol. The molecule has 0 unspecified atom stereocenters. The SMILES string of the molecule is C=CCNC(=O)CC(=O)N/N=C\c1ccc(Cl)cc1. The minimum absolute atomic E-state index is 0.272. The largest absolute Gasteiger partial charge is 0.352 e. The Morgan fingerprint density at radius 2 is 1.95 bits per heavy atom. The molecule has 19 heavy (non-hydrogen) atoms. The number of rotatable bonds is 6. The minimum atomic E-state index is -0.480. The van der Waals surface area contributed by atoms with Crippen LogP contribution in [0.4, 0.5) is 0 Å². The predicted molar refractivity (Wildman–Crippen MR) is 75.0 cm³/mol. The molecule has 1 aromatic carbocycles. The van der Waals surface area contributed by atoms with Crippen LogP contribution < -0.4 is 10.7 Å². The lowest BCUT2D eigenvalue weighted by molar-refractivity contribution is -0.129. The highest BCUT2D eigenvalue weighted by Gasteiger charge is 2.06. The summed E-state index contributed by atoms with van der Waals surface area (Å²) in [7, 11) is 0. The molecular formula is C13H14ClN3O2. The van der Waals surface area contributed by atoms with Gasteiger partial charge in [0.05, 0.1) is 6.21 Å². The number of nitrogens with one attached hydrogen (secondary N) is 2. The summed E-state index contributed by atoms with van der Waals surface area (Å²) in [6.07, 6.45) is 2.73. The van der Waals surface area contributed by atoms with Crippen LogP contribution in [-0.4, -0.2) is 24.6 Å². The third-order valence-electron chi connectivity index (χ3n) is 2.04. The van der Waals surface area contributed by atoms with E-state index in [1.165, 1.54) is 12.3 Å². The van der Waals surface area contributed by atoms with Crippen molar-refractivity contribution in [3.05, 3.63) is 47.5 Å². The highest BCUT2D eigenvalue weighted by Crippen LogP contribution is 2.07. The zero-order chi connectivity index (χ0) is 14.1. The molecule has 0 aliphatic rings. The Morgan fingerprint density at radius 3 is 2.58 bits per heavy atom. The second-order valence-electron chi connectivity index (χ2n) is 3.61. The monoisotopic (exact) mass is 279 g/mol. The van der Waals surface area contributed by atoms with Gasteiger partial charge in [-0.15, -0.1) is 6.58 Å². The summed E-state index contributed by atoms with van der Waals surface area (Å²) in [5, 5.41) is 6.86. The zero-order valence-electron chi connectivity index (χ0n) is 10.2. The van der Waals surface area contributed by atoms with Gasteiger partial charge in [0.2, 0.25) is 11.8 Å². The first-order chi connectivity index (χ1) is 9.11. The number of halogens is 1. The van der Waals surface area contributed by atoms with Crippen molar-refractivity contribution in [1.82, 2.24) is 10.7 Å². The van der Waals surface area contributed by atoms with Crippen LogP contribution in [0.2, 0.25) is 5.02 Å². The van der Waals surface area contributed by atoms with Gasteiger partial charge in [0.1, 0.15) is 6.42 Å².